The van der Waals surface area contributed by atoms with Crippen molar-refractivity contribution < 1.29 is 32.2 Å². The van der Waals surface area contributed by atoms with E-state index >= 15 is 0 Å². The number of rotatable bonds is 9. The van der Waals surface area contributed by atoms with E-state index in [1.165, 1.54) is 6.07 Å². The Hall–Kier alpha value is -4.28. The summed E-state index contributed by atoms with van der Waals surface area (Å²) in [6, 6.07) is 14.4. The van der Waals surface area contributed by atoms with Gasteiger partial charge in [0.2, 0.25) is 0 Å². The van der Waals surface area contributed by atoms with Gasteiger partial charge in [0.15, 0.2) is 22.8 Å². The number of ether oxygens (including phenoxy) is 3. The summed E-state index contributed by atoms with van der Waals surface area (Å²) in [5.74, 6) is 1.20. The van der Waals surface area contributed by atoms with Crippen molar-refractivity contribution >= 4 is 17.2 Å². The van der Waals surface area contributed by atoms with Crippen molar-refractivity contribution in [3.63, 3.8) is 0 Å². The normalized spacial score (nSPS) is 11.9. The van der Waals surface area contributed by atoms with Crippen molar-refractivity contribution in [2.45, 2.75) is 52.8 Å². The Kier molecular flexibility index (Phi) is 8.22. The molecule has 0 saturated carbocycles. The molecular weight excluding hydrogens is 525 g/mol. The molecule has 0 aliphatic rings. The second-order valence-corrected chi connectivity index (χ2v) is 9.99. The Morgan fingerprint density at radius 2 is 1.57 bits per heavy atom. The summed E-state index contributed by atoms with van der Waals surface area (Å²) in [6.07, 6.45) is -4.67. The number of hydrogen-bond acceptors (Lipinski definition) is 6. The number of nitrogens with one attached hydrogen (secondary N) is 1. The van der Waals surface area contributed by atoms with Gasteiger partial charge in [0.25, 0.3) is 5.91 Å². The van der Waals surface area contributed by atoms with Gasteiger partial charge in [-0.15, -0.1) is 0 Å². The molecular formula is C29H31F3N4O4. The molecule has 4 rings (SSSR count). The highest BCUT2D eigenvalue weighted by molar-refractivity contribution is 6.03. The largest absolute Gasteiger partial charge is 0.490 e. The van der Waals surface area contributed by atoms with E-state index in [1.54, 1.807) is 45.0 Å². The SMILES string of the molecule is CCOc1ccc(COc2ccc(NC(=O)c3cc4nc(C(C)(C)C)cc(C(F)(F)F)n4n3)cc2)cc1OCC. The van der Waals surface area contributed by atoms with Gasteiger partial charge in [-0.1, -0.05) is 26.8 Å². The van der Waals surface area contributed by atoms with Crippen LogP contribution in [-0.2, 0) is 18.2 Å². The average Bonchev–Trinajstić information content (AvgIpc) is 3.33. The van der Waals surface area contributed by atoms with E-state index in [0.717, 1.165) is 11.6 Å². The number of anilines is 1. The minimum absolute atomic E-state index is 0.0598. The lowest BCUT2D eigenvalue weighted by atomic mass is 9.91. The van der Waals surface area contributed by atoms with E-state index in [4.69, 9.17) is 14.2 Å². The predicted molar refractivity (Wildman–Crippen MR) is 144 cm³/mol. The first-order valence-electron chi connectivity index (χ1n) is 12.8. The summed E-state index contributed by atoms with van der Waals surface area (Å²) >= 11 is 0. The fourth-order valence-electron chi connectivity index (χ4n) is 3.85. The number of carbonyl (C=O) groups excluding carboxylic acids is 1. The molecule has 1 amide bonds. The second kappa shape index (κ2) is 11.4. The number of hydrogen-bond donors (Lipinski definition) is 1. The van der Waals surface area contributed by atoms with Crippen LogP contribution in [0.2, 0.25) is 0 Å². The van der Waals surface area contributed by atoms with Crippen LogP contribution in [-0.4, -0.2) is 33.7 Å². The molecule has 2 heterocycles. The average molecular weight is 557 g/mol. The topological polar surface area (TPSA) is 87.0 Å². The summed E-state index contributed by atoms with van der Waals surface area (Å²) in [7, 11) is 0. The molecule has 0 saturated heterocycles. The van der Waals surface area contributed by atoms with Crippen molar-refractivity contribution in [2.75, 3.05) is 18.5 Å². The summed E-state index contributed by atoms with van der Waals surface area (Å²) in [5.41, 5.74) is -0.318. The van der Waals surface area contributed by atoms with Gasteiger partial charge in [-0.05, 0) is 61.9 Å². The fraction of sp³-hybridized carbons (Fsp3) is 0.345. The third-order valence-electron chi connectivity index (χ3n) is 5.84. The Bertz CT molecular complexity index is 1490. The number of benzene rings is 2. The molecule has 2 aromatic heterocycles. The van der Waals surface area contributed by atoms with Crippen LogP contribution >= 0.6 is 0 Å². The number of nitrogens with zero attached hydrogens (tertiary/aromatic N) is 3. The van der Waals surface area contributed by atoms with Crippen molar-refractivity contribution in [3.8, 4) is 17.2 Å². The summed E-state index contributed by atoms with van der Waals surface area (Å²) < 4.78 is 59.0. The molecule has 0 spiro atoms. The Balaban J connectivity index is 1.46. The molecule has 0 fully saturated rings. The van der Waals surface area contributed by atoms with Crippen LogP contribution in [0.3, 0.4) is 0 Å². The zero-order valence-electron chi connectivity index (χ0n) is 22.9. The second-order valence-electron chi connectivity index (χ2n) is 9.99. The molecule has 1 N–H and O–H groups in total. The van der Waals surface area contributed by atoms with E-state index in [1.807, 2.05) is 32.0 Å². The molecule has 0 atom stereocenters. The van der Waals surface area contributed by atoms with Crippen LogP contribution < -0.4 is 19.5 Å². The van der Waals surface area contributed by atoms with Crippen LogP contribution in [0.5, 0.6) is 17.2 Å². The molecule has 0 aliphatic heterocycles. The quantitative estimate of drug-likeness (QED) is 0.248. The lowest BCUT2D eigenvalue weighted by Gasteiger charge is -2.19. The summed E-state index contributed by atoms with van der Waals surface area (Å²) in [4.78, 5) is 17.1. The third kappa shape index (κ3) is 6.64. The Labute approximate surface area is 230 Å². The zero-order chi connectivity index (χ0) is 29.1. The van der Waals surface area contributed by atoms with E-state index in [9.17, 15) is 18.0 Å². The first-order chi connectivity index (χ1) is 18.9. The Morgan fingerprint density at radius 1 is 0.900 bits per heavy atom. The smallest absolute Gasteiger partial charge is 0.433 e. The van der Waals surface area contributed by atoms with Gasteiger partial charge in [-0.2, -0.15) is 18.3 Å². The highest BCUT2D eigenvalue weighted by Crippen LogP contribution is 2.33. The number of carbonyl (C=O) groups is 1. The number of amides is 1. The third-order valence-corrected chi connectivity index (χ3v) is 5.84. The molecule has 0 aliphatic carbocycles. The number of fused-ring (bicyclic) bond motifs is 1. The summed E-state index contributed by atoms with van der Waals surface area (Å²) in [5, 5.41) is 6.55. The lowest BCUT2D eigenvalue weighted by molar-refractivity contribution is -0.142. The van der Waals surface area contributed by atoms with Gasteiger partial charge in [0.1, 0.15) is 18.1 Å². The Morgan fingerprint density at radius 3 is 2.20 bits per heavy atom. The van der Waals surface area contributed by atoms with Gasteiger partial charge in [0.05, 0.1) is 18.9 Å². The van der Waals surface area contributed by atoms with Crippen LogP contribution in [0.4, 0.5) is 18.9 Å². The molecule has 8 nitrogen and oxygen atoms in total. The molecule has 212 valence electrons. The van der Waals surface area contributed by atoms with Crippen molar-refractivity contribution in [1.82, 2.24) is 14.6 Å². The summed E-state index contributed by atoms with van der Waals surface area (Å²) in [6.45, 7) is 10.4. The maximum absolute atomic E-state index is 13.7. The van der Waals surface area contributed by atoms with Crippen molar-refractivity contribution in [1.29, 1.82) is 0 Å². The van der Waals surface area contributed by atoms with E-state index in [0.29, 0.717) is 40.7 Å². The number of aromatic nitrogens is 3. The standard InChI is InChI=1S/C29H31F3N4O4/c1-6-38-22-13-8-18(14-23(22)39-7-2)17-40-20-11-9-19(10-12-20)33-27(37)21-15-26-34-24(28(3,4)5)16-25(29(30,31)32)36(26)35-21/h8-16H,6-7,17H2,1-5H3,(H,33,37). The van der Waals surface area contributed by atoms with Crippen LogP contribution in [0, 0.1) is 0 Å². The van der Waals surface area contributed by atoms with Gasteiger partial charge in [-0.3, -0.25) is 4.79 Å². The van der Waals surface area contributed by atoms with E-state index in [-0.39, 0.29) is 23.6 Å². The maximum Gasteiger partial charge on any atom is 0.433 e. The maximum atomic E-state index is 13.7. The minimum Gasteiger partial charge on any atom is -0.490 e. The monoisotopic (exact) mass is 556 g/mol. The number of alkyl halides is 3. The molecule has 0 unspecified atom stereocenters. The molecule has 11 heteroatoms. The lowest BCUT2D eigenvalue weighted by Crippen LogP contribution is -2.20. The highest BCUT2D eigenvalue weighted by atomic mass is 19.4. The van der Waals surface area contributed by atoms with E-state index in [2.05, 4.69) is 15.4 Å². The number of halogens is 3. The van der Waals surface area contributed by atoms with Crippen LogP contribution in [0.1, 0.15) is 62.1 Å². The first kappa shape index (κ1) is 28.7. The highest BCUT2D eigenvalue weighted by Gasteiger charge is 2.36. The van der Waals surface area contributed by atoms with Gasteiger partial charge in [0, 0.05) is 17.2 Å². The fourth-order valence-corrected chi connectivity index (χ4v) is 3.85. The minimum atomic E-state index is -4.67. The van der Waals surface area contributed by atoms with Crippen LogP contribution in [0.25, 0.3) is 5.65 Å². The first-order valence-corrected chi connectivity index (χ1v) is 12.8. The van der Waals surface area contributed by atoms with Crippen LogP contribution in [0.15, 0.2) is 54.6 Å². The molecule has 0 bridgehead atoms. The predicted octanol–water partition coefficient (Wildman–Crippen LogP) is 6.67. The van der Waals surface area contributed by atoms with Gasteiger partial charge >= 0.3 is 6.18 Å². The van der Waals surface area contributed by atoms with Crippen molar-refractivity contribution in [2.24, 2.45) is 0 Å². The van der Waals surface area contributed by atoms with E-state index < -0.39 is 23.2 Å². The van der Waals surface area contributed by atoms with Gasteiger partial charge in [-0.25, -0.2) is 9.50 Å². The molecule has 4 aromatic rings. The van der Waals surface area contributed by atoms with Crippen molar-refractivity contribution in [3.05, 3.63) is 77.2 Å². The van der Waals surface area contributed by atoms with Gasteiger partial charge < -0.3 is 19.5 Å². The molecule has 0 radical (unpaired) electrons. The molecule has 2 aromatic carbocycles. The molecule has 40 heavy (non-hydrogen) atoms. The zero-order valence-corrected chi connectivity index (χ0v) is 22.9.